The van der Waals surface area contributed by atoms with E-state index in [1.165, 1.54) is 0 Å². The topological polar surface area (TPSA) is 50.7 Å². The molecule has 3 heterocycles. The summed E-state index contributed by atoms with van der Waals surface area (Å²) < 4.78 is 10.9. The monoisotopic (exact) mass is 320 g/mol. The van der Waals surface area contributed by atoms with E-state index >= 15 is 0 Å². The first-order valence-corrected chi connectivity index (χ1v) is 8.66. The van der Waals surface area contributed by atoms with Gasteiger partial charge in [0.15, 0.2) is 5.82 Å². The van der Waals surface area contributed by atoms with Crippen LogP contribution < -0.4 is 4.90 Å². The van der Waals surface area contributed by atoms with E-state index < -0.39 is 0 Å². The lowest BCUT2D eigenvalue weighted by Crippen LogP contribution is -2.46. The van der Waals surface area contributed by atoms with Gasteiger partial charge in [0.2, 0.25) is 0 Å². The fourth-order valence-corrected chi connectivity index (χ4v) is 3.55. The van der Waals surface area contributed by atoms with E-state index in [0.717, 1.165) is 56.7 Å². The Balaban J connectivity index is 1.70. The highest BCUT2D eigenvalue weighted by molar-refractivity contribution is 5.41. The Bertz CT molecular complexity index is 519. The number of hydrogen-bond donors (Lipinski definition) is 0. The Morgan fingerprint density at radius 3 is 2.78 bits per heavy atom. The maximum atomic E-state index is 5.49. The van der Waals surface area contributed by atoms with E-state index in [1.54, 1.807) is 0 Å². The molecule has 1 aromatic heterocycles. The standard InChI is InChI=1S/C17H28N4O2/c1-4-22-12-16-18-14(3)9-17(19-16)21-10-13(2)15(11-21)20-5-7-23-8-6-20/h9,13,15H,4-8,10-12H2,1-3H3. The SMILES string of the molecule is CCOCc1nc(C)cc(N2CC(C)C(N3CCOCC3)C2)n1. The Morgan fingerprint density at radius 2 is 2.04 bits per heavy atom. The van der Waals surface area contributed by atoms with Crippen LogP contribution in [0.2, 0.25) is 0 Å². The van der Waals surface area contributed by atoms with Gasteiger partial charge in [-0.05, 0) is 19.8 Å². The maximum absolute atomic E-state index is 5.49. The largest absolute Gasteiger partial charge is 0.379 e. The lowest BCUT2D eigenvalue weighted by Gasteiger charge is -2.34. The van der Waals surface area contributed by atoms with Crippen molar-refractivity contribution in [1.29, 1.82) is 0 Å². The first-order valence-electron chi connectivity index (χ1n) is 8.66. The second-order valence-electron chi connectivity index (χ2n) is 6.52. The second-order valence-corrected chi connectivity index (χ2v) is 6.52. The third kappa shape index (κ3) is 4.00. The van der Waals surface area contributed by atoms with Gasteiger partial charge in [-0.25, -0.2) is 9.97 Å². The summed E-state index contributed by atoms with van der Waals surface area (Å²) in [6.07, 6.45) is 0. The molecule has 2 unspecified atom stereocenters. The molecule has 2 aliphatic heterocycles. The van der Waals surface area contributed by atoms with E-state index in [0.29, 0.717) is 25.2 Å². The molecule has 2 fully saturated rings. The molecule has 0 saturated carbocycles. The van der Waals surface area contributed by atoms with Crippen molar-refractivity contribution >= 4 is 5.82 Å². The molecule has 1 aromatic rings. The predicted octanol–water partition coefficient (Wildman–Crippen LogP) is 1.48. The van der Waals surface area contributed by atoms with Gasteiger partial charge in [0.1, 0.15) is 12.4 Å². The van der Waals surface area contributed by atoms with E-state index in [1.807, 2.05) is 13.8 Å². The van der Waals surface area contributed by atoms with Crippen LogP contribution in [0.5, 0.6) is 0 Å². The first kappa shape index (κ1) is 16.6. The Kier molecular flexibility index (Phi) is 5.46. The van der Waals surface area contributed by atoms with Gasteiger partial charge in [0.25, 0.3) is 0 Å². The summed E-state index contributed by atoms with van der Waals surface area (Å²) in [5.41, 5.74) is 1.01. The molecule has 6 nitrogen and oxygen atoms in total. The Morgan fingerprint density at radius 1 is 1.26 bits per heavy atom. The summed E-state index contributed by atoms with van der Waals surface area (Å²) in [5, 5.41) is 0. The number of nitrogens with zero attached hydrogens (tertiary/aromatic N) is 4. The highest BCUT2D eigenvalue weighted by Gasteiger charge is 2.35. The van der Waals surface area contributed by atoms with Gasteiger partial charge in [-0.1, -0.05) is 6.92 Å². The molecule has 2 saturated heterocycles. The van der Waals surface area contributed by atoms with Crippen LogP contribution in [0.4, 0.5) is 5.82 Å². The van der Waals surface area contributed by atoms with Crippen molar-refractivity contribution in [2.24, 2.45) is 5.92 Å². The summed E-state index contributed by atoms with van der Waals surface area (Å²) >= 11 is 0. The smallest absolute Gasteiger partial charge is 0.156 e. The third-order valence-electron chi connectivity index (χ3n) is 4.73. The average molecular weight is 320 g/mol. The number of hydrogen-bond acceptors (Lipinski definition) is 6. The van der Waals surface area contributed by atoms with Crippen molar-refractivity contribution < 1.29 is 9.47 Å². The van der Waals surface area contributed by atoms with E-state index in [-0.39, 0.29) is 0 Å². The minimum atomic E-state index is 0.488. The zero-order valence-corrected chi connectivity index (χ0v) is 14.5. The molecular weight excluding hydrogens is 292 g/mol. The van der Waals surface area contributed by atoms with Gasteiger partial charge in [0, 0.05) is 50.6 Å². The summed E-state index contributed by atoms with van der Waals surface area (Å²) in [7, 11) is 0. The minimum Gasteiger partial charge on any atom is -0.379 e. The van der Waals surface area contributed by atoms with Crippen molar-refractivity contribution in [3.05, 3.63) is 17.6 Å². The van der Waals surface area contributed by atoms with Crippen molar-refractivity contribution in [1.82, 2.24) is 14.9 Å². The molecule has 2 atom stereocenters. The lowest BCUT2D eigenvalue weighted by molar-refractivity contribution is 0.0134. The van der Waals surface area contributed by atoms with Gasteiger partial charge in [0.05, 0.1) is 13.2 Å². The molecule has 6 heteroatoms. The zero-order chi connectivity index (χ0) is 16.2. The van der Waals surface area contributed by atoms with Gasteiger partial charge >= 0.3 is 0 Å². The van der Waals surface area contributed by atoms with Crippen LogP contribution in [-0.2, 0) is 16.1 Å². The Hall–Kier alpha value is -1.24. The van der Waals surface area contributed by atoms with E-state index in [9.17, 15) is 0 Å². The molecule has 23 heavy (non-hydrogen) atoms. The molecule has 128 valence electrons. The minimum absolute atomic E-state index is 0.488. The molecule has 2 aliphatic rings. The molecule has 0 spiro atoms. The number of aryl methyl sites for hydroxylation is 1. The summed E-state index contributed by atoms with van der Waals surface area (Å²) in [4.78, 5) is 14.2. The lowest BCUT2D eigenvalue weighted by atomic mass is 10.0. The van der Waals surface area contributed by atoms with E-state index in [2.05, 4.69) is 27.8 Å². The third-order valence-corrected chi connectivity index (χ3v) is 4.73. The maximum Gasteiger partial charge on any atom is 0.156 e. The summed E-state index contributed by atoms with van der Waals surface area (Å²) in [6, 6.07) is 2.67. The second kappa shape index (κ2) is 7.55. The molecule has 0 N–H and O–H groups in total. The molecular formula is C17H28N4O2. The fraction of sp³-hybridized carbons (Fsp3) is 0.765. The predicted molar refractivity (Wildman–Crippen MR) is 89.7 cm³/mol. The number of ether oxygens (including phenoxy) is 2. The van der Waals surface area contributed by atoms with Gasteiger partial charge in [-0.3, -0.25) is 4.90 Å². The molecule has 0 aromatic carbocycles. The number of rotatable bonds is 5. The van der Waals surface area contributed by atoms with Gasteiger partial charge < -0.3 is 14.4 Å². The zero-order valence-electron chi connectivity index (χ0n) is 14.5. The molecule has 0 radical (unpaired) electrons. The average Bonchev–Trinajstić information content (AvgIpc) is 2.95. The molecule has 0 amide bonds. The van der Waals surface area contributed by atoms with Gasteiger partial charge in [-0.2, -0.15) is 0 Å². The van der Waals surface area contributed by atoms with Crippen LogP contribution in [0.1, 0.15) is 25.4 Å². The number of anilines is 1. The van der Waals surface area contributed by atoms with Crippen molar-refractivity contribution in [3.63, 3.8) is 0 Å². The van der Waals surface area contributed by atoms with Crippen molar-refractivity contribution in [2.45, 2.75) is 33.4 Å². The van der Waals surface area contributed by atoms with Crippen LogP contribution in [0.3, 0.4) is 0 Å². The number of aromatic nitrogens is 2. The first-order chi connectivity index (χ1) is 11.2. The summed E-state index contributed by atoms with van der Waals surface area (Å²) in [6.45, 7) is 13.4. The summed E-state index contributed by atoms with van der Waals surface area (Å²) in [5.74, 6) is 2.46. The molecule has 0 aliphatic carbocycles. The highest BCUT2D eigenvalue weighted by atomic mass is 16.5. The normalized spacial score (nSPS) is 26.0. The number of morpholine rings is 1. The quantitative estimate of drug-likeness (QED) is 0.819. The van der Waals surface area contributed by atoms with Gasteiger partial charge in [-0.15, -0.1) is 0 Å². The molecule has 0 bridgehead atoms. The van der Waals surface area contributed by atoms with Crippen LogP contribution >= 0.6 is 0 Å². The fourth-order valence-electron chi connectivity index (χ4n) is 3.55. The van der Waals surface area contributed by atoms with Crippen LogP contribution in [0.25, 0.3) is 0 Å². The van der Waals surface area contributed by atoms with Crippen LogP contribution in [-0.4, -0.2) is 66.9 Å². The van der Waals surface area contributed by atoms with E-state index in [4.69, 9.17) is 14.5 Å². The van der Waals surface area contributed by atoms with Crippen molar-refractivity contribution in [2.75, 3.05) is 50.9 Å². The highest BCUT2D eigenvalue weighted by Crippen LogP contribution is 2.27. The Labute approximate surface area is 138 Å². The van der Waals surface area contributed by atoms with Crippen LogP contribution in [0.15, 0.2) is 6.07 Å². The molecule has 3 rings (SSSR count). The van der Waals surface area contributed by atoms with Crippen molar-refractivity contribution in [3.8, 4) is 0 Å². The van der Waals surface area contributed by atoms with Crippen LogP contribution in [0, 0.1) is 12.8 Å².